The van der Waals surface area contributed by atoms with Crippen LogP contribution in [-0.4, -0.2) is 29.8 Å². The van der Waals surface area contributed by atoms with Crippen molar-refractivity contribution in [3.8, 4) is 0 Å². The maximum Gasteiger partial charge on any atom is 0.326 e. The predicted octanol–water partition coefficient (Wildman–Crippen LogP) is -0.133. The van der Waals surface area contributed by atoms with Crippen LogP contribution in [0, 0.1) is 0 Å². The van der Waals surface area contributed by atoms with Gasteiger partial charge < -0.3 is 16.6 Å². The van der Waals surface area contributed by atoms with Crippen LogP contribution in [0.25, 0.3) is 0 Å². The van der Waals surface area contributed by atoms with Crippen molar-refractivity contribution in [3.63, 3.8) is 0 Å². The van der Waals surface area contributed by atoms with Crippen LogP contribution in [0.5, 0.6) is 0 Å². The fraction of sp³-hybridized carbons (Fsp3) is 0.857. The quantitative estimate of drug-likeness (QED) is 0.494. The first-order chi connectivity index (χ1) is 5.56. The normalized spacial score (nSPS) is 15.6. The van der Waals surface area contributed by atoms with E-state index in [9.17, 15) is 9.18 Å². The minimum Gasteiger partial charge on any atom is -0.480 e. The predicted molar refractivity (Wildman–Crippen MR) is 43.4 cm³/mol. The van der Waals surface area contributed by atoms with Crippen LogP contribution in [0.15, 0.2) is 0 Å². The Morgan fingerprint density at radius 2 is 2.08 bits per heavy atom. The molecule has 0 aromatic rings. The Morgan fingerprint density at radius 3 is 2.42 bits per heavy atom. The van der Waals surface area contributed by atoms with E-state index in [-0.39, 0.29) is 6.42 Å². The molecule has 0 amide bonds. The fourth-order valence-corrected chi connectivity index (χ4v) is 0.816. The molecule has 72 valence electrons. The Labute approximate surface area is 70.7 Å². The van der Waals surface area contributed by atoms with E-state index in [1.165, 1.54) is 0 Å². The molecule has 0 aliphatic carbocycles. The summed E-state index contributed by atoms with van der Waals surface area (Å²) < 4.78 is 12.2. The third-order valence-electron chi connectivity index (χ3n) is 1.74. The lowest BCUT2D eigenvalue weighted by molar-refractivity contribution is -0.144. The number of alkyl halides is 1. The number of carboxylic acids is 1. The monoisotopic (exact) mass is 178 g/mol. The highest BCUT2D eigenvalue weighted by atomic mass is 19.1. The van der Waals surface area contributed by atoms with Crippen molar-refractivity contribution < 1.29 is 14.3 Å². The molecule has 4 nitrogen and oxygen atoms in total. The number of nitrogens with two attached hydrogens (primary N) is 2. The molecule has 0 bridgehead atoms. The van der Waals surface area contributed by atoms with E-state index < -0.39 is 18.2 Å². The third kappa shape index (κ3) is 3.15. The van der Waals surface area contributed by atoms with Crippen molar-refractivity contribution in [1.82, 2.24) is 0 Å². The highest BCUT2D eigenvalue weighted by Crippen LogP contribution is 2.12. The average Bonchev–Trinajstić information content (AvgIpc) is 2.04. The fourth-order valence-electron chi connectivity index (χ4n) is 0.816. The Bertz CT molecular complexity index is 154. The molecule has 0 aliphatic rings. The molecule has 0 spiro atoms. The Balaban J connectivity index is 3.88. The van der Waals surface area contributed by atoms with E-state index >= 15 is 0 Å². The van der Waals surface area contributed by atoms with E-state index in [0.29, 0.717) is 19.4 Å². The van der Waals surface area contributed by atoms with Gasteiger partial charge in [0.2, 0.25) is 0 Å². The van der Waals surface area contributed by atoms with Gasteiger partial charge in [0.1, 0.15) is 12.2 Å². The van der Waals surface area contributed by atoms with Crippen LogP contribution in [0.4, 0.5) is 4.39 Å². The zero-order chi connectivity index (χ0) is 9.61. The largest absolute Gasteiger partial charge is 0.480 e. The topological polar surface area (TPSA) is 89.3 Å². The van der Waals surface area contributed by atoms with Crippen molar-refractivity contribution >= 4 is 5.97 Å². The molecule has 0 rings (SSSR count). The summed E-state index contributed by atoms with van der Waals surface area (Å²) in [4.78, 5) is 10.5. The molecule has 0 unspecified atom stereocenters. The van der Waals surface area contributed by atoms with Crippen molar-refractivity contribution in [2.45, 2.75) is 24.8 Å². The Hall–Kier alpha value is -0.680. The summed E-state index contributed by atoms with van der Waals surface area (Å²) in [6.07, 6.45) is 1.35. The van der Waals surface area contributed by atoms with Crippen LogP contribution in [0.2, 0.25) is 0 Å². The number of halogens is 1. The summed E-state index contributed by atoms with van der Waals surface area (Å²) in [5.41, 5.74) is 8.75. The van der Waals surface area contributed by atoms with Crippen molar-refractivity contribution in [2.24, 2.45) is 11.5 Å². The highest BCUT2D eigenvalue weighted by Gasteiger charge is 2.33. The van der Waals surface area contributed by atoms with Gasteiger partial charge in [-0.2, -0.15) is 0 Å². The molecule has 0 aromatic carbocycles. The first kappa shape index (κ1) is 11.3. The van der Waals surface area contributed by atoms with Gasteiger partial charge in [-0.3, -0.25) is 4.79 Å². The second-order valence-electron chi connectivity index (χ2n) is 2.84. The summed E-state index contributed by atoms with van der Waals surface area (Å²) >= 11 is 0. The average molecular weight is 178 g/mol. The zero-order valence-corrected chi connectivity index (χ0v) is 6.92. The summed E-state index contributed by atoms with van der Waals surface area (Å²) in [5.74, 6) is -1.29. The van der Waals surface area contributed by atoms with Crippen LogP contribution in [0.3, 0.4) is 0 Å². The molecule has 1 atom stereocenters. The van der Waals surface area contributed by atoms with Crippen LogP contribution in [-0.2, 0) is 4.79 Å². The van der Waals surface area contributed by atoms with Crippen LogP contribution in [0.1, 0.15) is 19.3 Å². The second kappa shape index (κ2) is 5.05. The van der Waals surface area contributed by atoms with Gasteiger partial charge in [-0.25, -0.2) is 4.39 Å². The van der Waals surface area contributed by atoms with E-state index in [4.69, 9.17) is 16.6 Å². The SMILES string of the molecule is NCCCC[C@@](N)(CF)C(=O)O. The molecule has 0 aromatic heterocycles. The van der Waals surface area contributed by atoms with E-state index in [0.717, 1.165) is 0 Å². The minimum atomic E-state index is -1.71. The second-order valence-corrected chi connectivity index (χ2v) is 2.84. The number of hydrogen-bond donors (Lipinski definition) is 3. The highest BCUT2D eigenvalue weighted by molar-refractivity contribution is 5.78. The number of rotatable bonds is 6. The Morgan fingerprint density at radius 1 is 1.50 bits per heavy atom. The Kier molecular flexibility index (Phi) is 4.77. The lowest BCUT2D eigenvalue weighted by Crippen LogP contribution is -2.50. The standard InChI is InChI=1S/C7H15FN2O2/c8-5-7(10,6(11)12)3-1-2-4-9/h1-5,9-10H2,(H,11,12)/t7-/m1/s1. The molecule has 0 heterocycles. The van der Waals surface area contributed by atoms with Crippen LogP contribution >= 0.6 is 0 Å². The number of carbonyl (C=O) groups is 1. The van der Waals surface area contributed by atoms with Gasteiger partial charge >= 0.3 is 5.97 Å². The summed E-state index contributed by atoms with van der Waals surface area (Å²) in [6, 6.07) is 0. The molecule has 0 saturated carbocycles. The lowest BCUT2D eigenvalue weighted by atomic mass is 9.95. The lowest BCUT2D eigenvalue weighted by Gasteiger charge is -2.20. The van der Waals surface area contributed by atoms with Crippen molar-refractivity contribution in [1.29, 1.82) is 0 Å². The number of unbranched alkanes of at least 4 members (excludes halogenated alkanes) is 1. The number of hydrogen-bond acceptors (Lipinski definition) is 3. The molecular formula is C7H15FN2O2. The molecule has 0 saturated heterocycles. The van der Waals surface area contributed by atoms with Crippen LogP contribution < -0.4 is 11.5 Å². The summed E-state index contributed by atoms with van der Waals surface area (Å²) in [6.45, 7) is -0.561. The molecule has 0 fully saturated rings. The van der Waals surface area contributed by atoms with E-state index in [1.54, 1.807) is 0 Å². The molecule has 0 aliphatic heterocycles. The molecule has 5 N–H and O–H groups in total. The molecule has 0 radical (unpaired) electrons. The van der Waals surface area contributed by atoms with Gasteiger partial charge in [0, 0.05) is 0 Å². The van der Waals surface area contributed by atoms with Gasteiger partial charge in [0.05, 0.1) is 0 Å². The smallest absolute Gasteiger partial charge is 0.326 e. The molecule has 5 heteroatoms. The first-order valence-corrected chi connectivity index (χ1v) is 3.85. The van der Waals surface area contributed by atoms with Gasteiger partial charge in [0.15, 0.2) is 0 Å². The minimum absolute atomic E-state index is 0.135. The number of carboxylic acid groups (broad SMARTS) is 1. The third-order valence-corrected chi connectivity index (χ3v) is 1.74. The van der Waals surface area contributed by atoms with Gasteiger partial charge in [-0.1, -0.05) is 0 Å². The van der Waals surface area contributed by atoms with Gasteiger partial charge in [-0.05, 0) is 25.8 Å². The summed E-state index contributed by atoms with van der Waals surface area (Å²) in [7, 11) is 0. The molecule has 12 heavy (non-hydrogen) atoms. The number of aliphatic carboxylic acids is 1. The van der Waals surface area contributed by atoms with Gasteiger partial charge in [-0.15, -0.1) is 0 Å². The van der Waals surface area contributed by atoms with Gasteiger partial charge in [0.25, 0.3) is 0 Å². The zero-order valence-electron chi connectivity index (χ0n) is 6.92. The van der Waals surface area contributed by atoms with Crippen molar-refractivity contribution in [3.05, 3.63) is 0 Å². The summed E-state index contributed by atoms with van der Waals surface area (Å²) in [5, 5.41) is 8.54. The first-order valence-electron chi connectivity index (χ1n) is 3.85. The van der Waals surface area contributed by atoms with E-state index in [2.05, 4.69) is 0 Å². The molecular weight excluding hydrogens is 163 g/mol. The van der Waals surface area contributed by atoms with Crippen molar-refractivity contribution in [2.75, 3.05) is 13.2 Å². The maximum absolute atomic E-state index is 12.2. The van der Waals surface area contributed by atoms with E-state index in [1.807, 2.05) is 0 Å². The maximum atomic E-state index is 12.2.